The van der Waals surface area contributed by atoms with Crippen molar-refractivity contribution in [3.8, 4) is 17.2 Å². The summed E-state index contributed by atoms with van der Waals surface area (Å²) in [4.78, 5) is 14.3. The predicted octanol–water partition coefficient (Wildman–Crippen LogP) is 10.5. The average Bonchev–Trinajstić information content (AvgIpc) is 3.06. The summed E-state index contributed by atoms with van der Waals surface area (Å²) in [5.41, 5.74) is 7.87. The summed E-state index contributed by atoms with van der Waals surface area (Å²) in [6, 6.07) is 46.4. The lowest BCUT2D eigenvalue weighted by Crippen LogP contribution is -2.16. The van der Waals surface area contributed by atoms with Gasteiger partial charge in [-0.2, -0.15) is 5.26 Å². The first-order valence-electron chi connectivity index (χ1n) is 13.6. The van der Waals surface area contributed by atoms with Gasteiger partial charge in [-0.25, -0.2) is 4.98 Å². The lowest BCUT2D eigenvalue weighted by atomic mass is 10.00. The molecule has 0 saturated carbocycles. The second-order valence-corrected chi connectivity index (χ2v) is 12.2. The minimum atomic E-state index is 0.617. The van der Waals surface area contributed by atoms with E-state index in [4.69, 9.17) is 4.98 Å². The Balaban J connectivity index is 1.22. The molecule has 4 nitrogen and oxygen atoms in total. The Morgan fingerprint density at radius 2 is 1.05 bits per heavy atom. The fourth-order valence-electron chi connectivity index (χ4n) is 5.62. The zero-order valence-electron chi connectivity index (χ0n) is 22.3. The number of nitriles is 1. The third-order valence-corrected chi connectivity index (χ3v) is 9.79. The van der Waals surface area contributed by atoms with Crippen molar-refractivity contribution in [2.45, 2.75) is 19.6 Å². The van der Waals surface area contributed by atoms with Gasteiger partial charge in [-0.1, -0.05) is 72.1 Å². The molecule has 3 heterocycles. The van der Waals surface area contributed by atoms with Crippen molar-refractivity contribution in [2.24, 2.45) is 0 Å². The Labute approximate surface area is 252 Å². The van der Waals surface area contributed by atoms with Gasteiger partial charge in [-0.3, -0.25) is 4.90 Å². The van der Waals surface area contributed by atoms with Crippen molar-refractivity contribution in [3.63, 3.8) is 0 Å². The van der Waals surface area contributed by atoms with Crippen LogP contribution in [0.3, 0.4) is 0 Å². The number of hydrogen-bond acceptors (Lipinski definition) is 6. The summed E-state index contributed by atoms with van der Waals surface area (Å²) in [6.45, 7) is 0. The molecule has 0 fully saturated rings. The van der Waals surface area contributed by atoms with Crippen LogP contribution in [-0.4, -0.2) is 4.98 Å². The molecule has 0 atom stereocenters. The van der Waals surface area contributed by atoms with Crippen LogP contribution in [0.1, 0.15) is 5.56 Å². The second kappa shape index (κ2) is 10.1. The van der Waals surface area contributed by atoms with Crippen LogP contribution in [0.2, 0.25) is 0 Å². The molecule has 0 unspecified atom stereocenters. The van der Waals surface area contributed by atoms with Gasteiger partial charge < -0.3 is 4.90 Å². The Morgan fingerprint density at radius 1 is 0.548 bits per heavy atom. The molecule has 0 spiro atoms. The molecule has 0 bridgehead atoms. The van der Waals surface area contributed by atoms with E-state index in [1.54, 1.807) is 23.5 Å². The Kier molecular flexibility index (Phi) is 5.99. The molecule has 0 amide bonds. The first-order valence-corrected chi connectivity index (χ1v) is 15.2. The molecule has 0 radical (unpaired) electrons. The van der Waals surface area contributed by atoms with Crippen LogP contribution in [0.5, 0.6) is 0 Å². The maximum atomic E-state index is 10.1. The lowest BCUT2D eigenvalue weighted by Gasteiger charge is -2.33. The van der Waals surface area contributed by atoms with Crippen LogP contribution in [0.4, 0.5) is 34.3 Å². The van der Waals surface area contributed by atoms with Crippen LogP contribution in [0, 0.1) is 11.3 Å². The molecule has 0 saturated heterocycles. The highest BCUT2D eigenvalue weighted by Crippen LogP contribution is 2.52. The lowest BCUT2D eigenvalue weighted by molar-refractivity contribution is 1.11. The normalized spacial score (nSPS) is 12.9. The van der Waals surface area contributed by atoms with Crippen molar-refractivity contribution in [2.75, 3.05) is 9.80 Å². The third-order valence-electron chi connectivity index (χ3n) is 7.53. The van der Waals surface area contributed by atoms with Crippen LogP contribution < -0.4 is 9.80 Å². The number of benzene rings is 5. The molecule has 2 aliphatic heterocycles. The highest BCUT2D eigenvalue weighted by molar-refractivity contribution is 8.00. The van der Waals surface area contributed by atoms with E-state index in [9.17, 15) is 5.26 Å². The highest BCUT2D eigenvalue weighted by atomic mass is 32.2. The quantitative estimate of drug-likeness (QED) is 0.209. The molecule has 0 aliphatic carbocycles. The van der Waals surface area contributed by atoms with Gasteiger partial charge in [0.15, 0.2) is 0 Å². The van der Waals surface area contributed by atoms with Gasteiger partial charge in [0.2, 0.25) is 0 Å². The Hall–Kier alpha value is -4.96. The van der Waals surface area contributed by atoms with Crippen molar-refractivity contribution in [3.05, 3.63) is 139 Å². The number of rotatable bonds is 3. The van der Waals surface area contributed by atoms with Gasteiger partial charge in [-0.05, 0) is 78.9 Å². The summed E-state index contributed by atoms with van der Waals surface area (Å²) in [5.74, 6) is 0.838. The summed E-state index contributed by atoms with van der Waals surface area (Å²) in [7, 11) is 0. The van der Waals surface area contributed by atoms with Crippen LogP contribution in [0.15, 0.2) is 153 Å². The topological polar surface area (TPSA) is 43.2 Å². The van der Waals surface area contributed by atoms with Crippen molar-refractivity contribution in [1.82, 2.24) is 4.98 Å². The van der Waals surface area contributed by atoms with E-state index in [2.05, 4.69) is 131 Å². The Bertz CT molecular complexity index is 1940. The van der Waals surface area contributed by atoms with Gasteiger partial charge in [0.05, 0.1) is 34.4 Å². The fraction of sp³-hybridized carbons (Fsp3) is 0. The zero-order valence-corrected chi connectivity index (χ0v) is 23.9. The number of anilines is 6. The van der Waals surface area contributed by atoms with Crippen LogP contribution in [0.25, 0.3) is 11.1 Å². The molecule has 6 heteroatoms. The standard InChI is InChI=1S/C36H22N4S2/c37-22-24-17-19-26(39-28-9-1-5-13-32(28)41-33-14-6-2-10-29(33)39)21-27(24)25-18-20-36(38-23-25)40-30-11-3-7-15-34(30)42-35-16-8-4-12-31(35)40/h1-21,23H. The average molecular weight is 575 g/mol. The van der Waals surface area contributed by atoms with Crippen LogP contribution in [-0.2, 0) is 0 Å². The van der Waals surface area contributed by atoms with Gasteiger partial charge >= 0.3 is 0 Å². The number of hydrogen-bond donors (Lipinski definition) is 0. The van der Waals surface area contributed by atoms with E-state index < -0.39 is 0 Å². The number of pyridine rings is 1. The maximum absolute atomic E-state index is 10.1. The molecule has 1 aromatic heterocycles. The summed E-state index contributed by atoms with van der Waals surface area (Å²) >= 11 is 3.56. The summed E-state index contributed by atoms with van der Waals surface area (Å²) < 4.78 is 0. The molecule has 2 aliphatic rings. The molecular formula is C36H22N4S2. The van der Waals surface area contributed by atoms with Gasteiger partial charge in [0.1, 0.15) is 5.82 Å². The van der Waals surface area contributed by atoms with Gasteiger partial charge in [-0.15, -0.1) is 0 Å². The summed E-state index contributed by atoms with van der Waals surface area (Å²) in [6.07, 6.45) is 1.89. The number of para-hydroxylation sites is 4. The predicted molar refractivity (Wildman–Crippen MR) is 172 cm³/mol. The third kappa shape index (κ3) is 4.06. The molecular weight excluding hydrogens is 553 g/mol. The minimum absolute atomic E-state index is 0.617. The first kappa shape index (κ1) is 24.8. The molecule has 8 rings (SSSR count). The molecule has 42 heavy (non-hydrogen) atoms. The van der Waals surface area contributed by atoms with Crippen molar-refractivity contribution in [1.29, 1.82) is 5.26 Å². The number of aromatic nitrogens is 1. The minimum Gasteiger partial charge on any atom is -0.308 e. The monoisotopic (exact) mass is 574 g/mol. The zero-order chi connectivity index (χ0) is 28.0. The largest absolute Gasteiger partial charge is 0.308 e. The molecule has 5 aromatic carbocycles. The first-order chi connectivity index (χ1) is 20.8. The van der Waals surface area contributed by atoms with Gasteiger partial charge in [0.25, 0.3) is 0 Å². The van der Waals surface area contributed by atoms with Crippen molar-refractivity contribution < 1.29 is 0 Å². The van der Waals surface area contributed by atoms with E-state index in [0.717, 1.165) is 45.4 Å². The maximum Gasteiger partial charge on any atom is 0.137 e. The summed E-state index contributed by atoms with van der Waals surface area (Å²) in [5, 5.41) is 10.1. The van der Waals surface area contributed by atoms with E-state index in [0.29, 0.717) is 5.56 Å². The van der Waals surface area contributed by atoms with Crippen LogP contribution >= 0.6 is 23.5 Å². The van der Waals surface area contributed by atoms with E-state index >= 15 is 0 Å². The van der Waals surface area contributed by atoms with E-state index in [1.807, 2.05) is 18.3 Å². The SMILES string of the molecule is N#Cc1ccc(N2c3ccccc3Sc3ccccc32)cc1-c1ccc(N2c3ccccc3Sc3ccccc32)nc1. The second-order valence-electron chi connectivity index (χ2n) is 9.99. The number of fused-ring (bicyclic) bond motifs is 4. The fourth-order valence-corrected chi connectivity index (χ4v) is 7.74. The van der Waals surface area contributed by atoms with Crippen molar-refractivity contribution >= 4 is 57.8 Å². The highest BCUT2D eigenvalue weighted by Gasteiger charge is 2.27. The number of nitrogens with zero attached hydrogens (tertiary/aromatic N) is 4. The Morgan fingerprint density at radius 3 is 1.52 bits per heavy atom. The molecule has 198 valence electrons. The molecule has 0 N–H and O–H groups in total. The van der Waals surface area contributed by atoms with Gasteiger partial charge in [0, 0.05) is 42.6 Å². The smallest absolute Gasteiger partial charge is 0.137 e. The van der Waals surface area contributed by atoms with E-state index in [-0.39, 0.29) is 0 Å². The molecule has 6 aromatic rings. The van der Waals surface area contributed by atoms with E-state index in [1.165, 1.54) is 19.6 Å².